The van der Waals surface area contributed by atoms with Crippen LogP contribution in [0.4, 0.5) is 4.79 Å². The molecule has 1 aliphatic rings. The zero-order chi connectivity index (χ0) is 20.3. The number of allylic oxidation sites excluding steroid dienone is 1. The van der Waals surface area contributed by atoms with E-state index < -0.39 is 6.04 Å². The molecule has 2 amide bonds. The summed E-state index contributed by atoms with van der Waals surface area (Å²) in [5.74, 6) is 0.739. The van der Waals surface area contributed by atoms with Crippen molar-refractivity contribution in [2.75, 3.05) is 0 Å². The molecular weight excluding hydrogens is 350 g/mol. The van der Waals surface area contributed by atoms with Gasteiger partial charge in [0.2, 0.25) is 0 Å². The summed E-state index contributed by atoms with van der Waals surface area (Å²) in [6.07, 6.45) is 0. The third kappa shape index (κ3) is 4.34. The molecule has 5 heteroatoms. The Morgan fingerprint density at radius 2 is 1.71 bits per heavy atom. The monoisotopic (exact) mass is 375 g/mol. The Morgan fingerprint density at radius 1 is 1.07 bits per heavy atom. The number of carbonyl (C=O) groups excluding carboxylic acids is 1. The van der Waals surface area contributed by atoms with Crippen LogP contribution in [0.2, 0.25) is 0 Å². The number of carbonyl (C=O) groups is 1. The lowest BCUT2D eigenvalue weighted by Crippen LogP contribution is -2.46. The van der Waals surface area contributed by atoms with Crippen molar-refractivity contribution >= 4 is 6.03 Å². The molecule has 144 valence electrons. The minimum absolute atomic E-state index is 0.298. The van der Waals surface area contributed by atoms with Gasteiger partial charge in [-0.25, -0.2) is 4.79 Å². The van der Waals surface area contributed by atoms with Crippen molar-refractivity contribution < 1.29 is 9.53 Å². The zero-order valence-electron chi connectivity index (χ0n) is 16.7. The van der Waals surface area contributed by atoms with Crippen molar-refractivity contribution in [3.8, 4) is 11.8 Å². The van der Waals surface area contributed by atoms with E-state index in [4.69, 9.17) is 4.74 Å². The van der Waals surface area contributed by atoms with Crippen LogP contribution in [0.25, 0.3) is 0 Å². The second-order valence-electron chi connectivity index (χ2n) is 8.03. The normalized spacial score (nSPS) is 16.8. The van der Waals surface area contributed by atoms with E-state index in [0.717, 1.165) is 16.9 Å². The maximum atomic E-state index is 12.1. The summed E-state index contributed by atoms with van der Waals surface area (Å²) in [6.45, 7) is 8.47. The summed E-state index contributed by atoms with van der Waals surface area (Å²) in [6, 6.07) is 17.2. The van der Waals surface area contributed by atoms with Gasteiger partial charge in [-0.15, -0.1) is 0 Å². The predicted molar refractivity (Wildman–Crippen MR) is 108 cm³/mol. The second-order valence-corrected chi connectivity index (χ2v) is 8.03. The predicted octanol–water partition coefficient (Wildman–Crippen LogP) is 4.75. The van der Waals surface area contributed by atoms with E-state index in [1.165, 1.54) is 5.56 Å². The molecule has 1 aliphatic heterocycles. The second kappa shape index (κ2) is 7.77. The van der Waals surface area contributed by atoms with Gasteiger partial charge in [-0.3, -0.25) is 0 Å². The first-order valence-electron chi connectivity index (χ1n) is 9.28. The molecular formula is C23H25N3O2. The van der Waals surface area contributed by atoms with Crippen LogP contribution in [0.5, 0.6) is 5.75 Å². The van der Waals surface area contributed by atoms with E-state index in [2.05, 4.69) is 35.8 Å². The molecule has 0 bridgehead atoms. The van der Waals surface area contributed by atoms with Crippen molar-refractivity contribution in [2.45, 2.75) is 40.3 Å². The third-order valence-electron chi connectivity index (χ3n) is 4.68. The molecule has 0 unspecified atom stereocenters. The highest BCUT2D eigenvalue weighted by Gasteiger charge is 2.33. The lowest BCUT2D eigenvalue weighted by atomic mass is 9.84. The molecule has 0 aliphatic carbocycles. The molecule has 1 heterocycles. The summed E-state index contributed by atoms with van der Waals surface area (Å²) >= 11 is 0. The van der Waals surface area contributed by atoms with Gasteiger partial charge in [0.05, 0.1) is 17.7 Å². The quantitative estimate of drug-likeness (QED) is 0.810. The highest BCUT2D eigenvalue weighted by atomic mass is 16.5. The largest absolute Gasteiger partial charge is 0.489 e. The summed E-state index contributed by atoms with van der Waals surface area (Å²) in [5.41, 5.74) is 4.01. The van der Waals surface area contributed by atoms with Crippen LogP contribution in [0.15, 0.2) is 59.8 Å². The van der Waals surface area contributed by atoms with Crippen LogP contribution in [0.1, 0.15) is 43.5 Å². The number of nitrogens with zero attached hydrogens (tertiary/aromatic N) is 1. The summed E-state index contributed by atoms with van der Waals surface area (Å²) < 4.78 is 5.85. The Kier molecular flexibility index (Phi) is 5.41. The fourth-order valence-corrected chi connectivity index (χ4v) is 3.13. The van der Waals surface area contributed by atoms with E-state index in [9.17, 15) is 10.1 Å². The van der Waals surface area contributed by atoms with Gasteiger partial charge in [0, 0.05) is 11.1 Å². The Hall–Kier alpha value is -3.26. The molecule has 0 aromatic heterocycles. The van der Waals surface area contributed by atoms with Gasteiger partial charge in [0.1, 0.15) is 12.4 Å². The highest BCUT2D eigenvalue weighted by molar-refractivity contribution is 5.80. The minimum Gasteiger partial charge on any atom is -0.489 e. The highest BCUT2D eigenvalue weighted by Crippen LogP contribution is 2.34. The molecule has 1 atom stereocenters. The molecule has 3 rings (SSSR count). The van der Waals surface area contributed by atoms with Crippen LogP contribution in [-0.4, -0.2) is 6.03 Å². The number of nitrogens with one attached hydrogen (secondary N) is 2. The van der Waals surface area contributed by atoms with Gasteiger partial charge >= 0.3 is 6.03 Å². The van der Waals surface area contributed by atoms with E-state index in [-0.39, 0.29) is 11.4 Å². The van der Waals surface area contributed by atoms with E-state index in [1.54, 1.807) is 0 Å². The number of amides is 2. The van der Waals surface area contributed by atoms with Crippen LogP contribution in [0.3, 0.4) is 0 Å². The molecule has 0 radical (unpaired) electrons. The molecule has 28 heavy (non-hydrogen) atoms. The Labute approximate surface area is 166 Å². The average Bonchev–Trinajstić information content (AvgIpc) is 2.66. The Bertz CT molecular complexity index is 930. The van der Waals surface area contributed by atoms with Crippen LogP contribution in [0, 0.1) is 23.7 Å². The molecule has 0 saturated carbocycles. The summed E-state index contributed by atoms with van der Waals surface area (Å²) in [4.78, 5) is 12.1. The van der Waals surface area contributed by atoms with Gasteiger partial charge in [-0.1, -0.05) is 62.7 Å². The van der Waals surface area contributed by atoms with E-state index in [1.807, 2.05) is 57.2 Å². The average molecular weight is 375 g/mol. The number of ether oxygens (including phenoxy) is 1. The Morgan fingerprint density at radius 3 is 2.29 bits per heavy atom. The van der Waals surface area contributed by atoms with Crippen LogP contribution >= 0.6 is 0 Å². The minimum atomic E-state index is -0.473. The molecule has 0 spiro atoms. The Balaban J connectivity index is 1.79. The van der Waals surface area contributed by atoms with Crippen molar-refractivity contribution in [3.05, 3.63) is 76.5 Å². The molecule has 2 aromatic carbocycles. The van der Waals surface area contributed by atoms with Gasteiger partial charge in [-0.05, 0) is 30.2 Å². The number of hydrogen-bond acceptors (Lipinski definition) is 3. The van der Waals surface area contributed by atoms with Crippen LogP contribution < -0.4 is 15.4 Å². The standard InChI is InChI=1S/C23H25N3O2/c1-15-5-7-16(8-6-15)14-28-18-11-9-17(10-12-18)20-19(13-24)21(23(2,3)4)26-22(27)25-20/h5-12,20H,14H2,1-4H3,(H2,25,26,27)/t20-/m0/s1. The SMILES string of the molecule is Cc1ccc(COc2ccc([C@@H]3NC(=O)NC(C(C)(C)C)=C3C#N)cc2)cc1. The van der Waals surface area contributed by atoms with Gasteiger partial charge < -0.3 is 15.4 Å². The summed E-state index contributed by atoms with van der Waals surface area (Å²) in [5, 5.41) is 15.3. The van der Waals surface area contributed by atoms with Crippen LogP contribution in [-0.2, 0) is 6.61 Å². The molecule has 5 nitrogen and oxygen atoms in total. The number of benzene rings is 2. The smallest absolute Gasteiger partial charge is 0.319 e. The number of nitriles is 1. The van der Waals surface area contributed by atoms with Crippen molar-refractivity contribution in [2.24, 2.45) is 5.41 Å². The molecule has 0 saturated heterocycles. The maximum Gasteiger partial charge on any atom is 0.319 e. The van der Waals surface area contributed by atoms with E-state index in [0.29, 0.717) is 17.9 Å². The number of aryl methyl sites for hydroxylation is 1. The van der Waals surface area contributed by atoms with Crippen molar-refractivity contribution in [1.29, 1.82) is 5.26 Å². The topological polar surface area (TPSA) is 74.2 Å². The fraction of sp³-hybridized carbons (Fsp3) is 0.304. The number of rotatable bonds is 4. The first kappa shape index (κ1) is 19.5. The van der Waals surface area contributed by atoms with E-state index >= 15 is 0 Å². The fourth-order valence-electron chi connectivity index (χ4n) is 3.13. The van der Waals surface area contributed by atoms with Gasteiger partial charge in [-0.2, -0.15) is 5.26 Å². The first-order chi connectivity index (χ1) is 13.3. The van der Waals surface area contributed by atoms with Crippen molar-refractivity contribution in [1.82, 2.24) is 10.6 Å². The lowest BCUT2D eigenvalue weighted by Gasteiger charge is -2.33. The molecule has 2 N–H and O–H groups in total. The first-order valence-corrected chi connectivity index (χ1v) is 9.28. The maximum absolute atomic E-state index is 12.1. The number of urea groups is 1. The number of hydrogen-bond donors (Lipinski definition) is 2. The molecule has 0 fully saturated rings. The van der Waals surface area contributed by atoms with Crippen molar-refractivity contribution in [3.63, 3.8) is 0 Å². The van der Waals surface area contributed by atoms with Gasteiger partial charge in [0.25, 0.3) is 0 Å². The van der Waals surface area contributed by atoms with Gasteiger partial charge in [0.15, 0.2) is 0 Å². The summed E-state index contributed by atoms with van der Waals surface area (Å²) in [7, 11) is 0. The third-order valence-corrected chi connectivity index (χ3v) is 4.68. The molecule has 2 aromatic rings. The zero-order valence-corrected chi connectivity index (χ0v) is 16.7. The lowest BCUT2D eigenvalue weighted by molar-refractivity contribution is 0.235.